The summed E-state index contributed by atoms with van der Waals surface area (Å²) in [5.41, 5.74) is -5.91. The Kier molecular flexibility index (Phi) is 6.86. The maximum absolute atomic E-state index is 12.9. The first-order valence-electron chi connectivity index (χ1n) is 8.37. The highest BCUT2D eigenvalue weighted by molar-refractivity contribution is 5.70. The Morgan fingerprint density at radius 3 is 1.87 bits per heavy atom. The highest BCUT2D eigenvalue weighted by atomic mass is 19.4. The molecule has 0 aliphatic rings. The third kappa shape index (κ3) is 5.35. The molecule has 0 saturated carbocycles. The molecule has 0 aliphatic carbocycles. The number of alkyl halides is 6. The predicted octanol–water partition coefficient (Wildman–Crippen LogP) is 4.08. The average molecular weight is 438 g/mol. The third-order valence-corrected chi connectivity index (χ3v) is 3.97. The highest BCUT2D eigenvalue weighted by Crippen LogP contribution is 2.50. The maximum atomic E-state index is 12.9. The van der Waals surface area contributed by atoms with Crippen LogP contribution >= 0.6 is 0 Å². The molecule has 2 aromatic rings. The number of aliphatic carboxylic acids is 1. The molecule has 5 nitrogen and oxygen atoms in total. The first kappa shape index (κ1) is 23.3. The highest BCUT2D eigenvalue weighted by Gasteiger charge is 2.71. The Hall–Kier alpha value is -2.95. The first-order valence-corrected chi connectivity index (χ1v) is 8.37. The predicted molar refractivity (Wildman–Crippen MR) is 91.2 cm³/mol. The lowest BCUT2D eigenvalue weighted by Gasteiger charge is -2.32. The van der Waals surface area contributed by atoms with Crippen molar-refractivity contribution in [1.29, 1.82) is 0 Å². The Labute approximate surface area is 166 Å². The van der Waals surface area contributed by atoms with E-state index < -0.39 is 29.5 Å². The van der Waals surface area contributed by atoms with E-state index in [1.54, 1.807) is 0 Å². The molecule has 0 aromatic heterocycles. The second-order valence-corrected chi connectivity index (χ2v) is 6.15. The van der Waals surface area contributed by atoms with Crippen LogP contribution in [0, 0.1) is 0 Å². The van der Waals surface area contributed by atoms with E-state index in [0.717, 1.165) is 12.1 Å². The maximum Gasteiger partial charge on any atom is 0.430 e. The molecule has 11 heteroatoms. The first-order chi connectivity index (χ1) is 13.8. The summed E-state index contributed by atoms with van der Waals surface area (Å²) >= 11 is 0. The molecular formula is C19H16F6O5. The Bertz CT molecular complexity index is 847. The molecule has 2 N–H and O–H groups in total. The van der Waals surface area contributed by atoms with Crippen LogP contribution in [0.15, 0.2) is 48.5 Å². The number of benzene rings is 2. The number of carboxylic acids is 1. The molecule has 2 rings (SSSR count). The van der Waals surface area contributed by atoms with E-state index in [4.69, 9.17) is 14.6 Å². The molecule has 0 bridgehead atoms. The number of carbonyl (C=O) groups is 1. The van der Waals surface area contributed by atoms with E-state index in [1.165, 1.54) is 24.3 Å². The van der Waals surface area contributed by atoms with Gasteiger partial charge < -0.3 is 19.7 Å². The number of hydrogen-bond donors (Lipinski definition) is 2. The van der Waals surface area contributed by atoms with Gasteiger partial charge >= 0.3 is 18.3 Å². The molecule has 0 saturated heterocycles. The normalized spacial score (nSPS) is 12.5. The number of hydrogen-bond acceptors (Lipinski definition) is 4. The summed E-state index contributed by atoms with van der Waals surface area (Å²) in [5, 5.41) is 18.1. The molecule has 164 valence electrons. The summed E-state index contributed by atoms with van der Waals surface area (Å²) in [6.07, 6.45) is -12.1. The zero-order chi connectivity index (χ0) is 22.6. The van der Waals surface area contributed by atoms with Crippen molar-refractivity contribution in [3.63, 3.8) is 0 Å². The van der Waals surface area contributed by atoms with Gasteiger partial charge in [0.25, 0.3) is 5.60 Å². The van der Waals surface area contributed by atoms with Crippen molar-refractivity contribution in [2.75, 3.05) is 13.2 Å². The second kappa shape index (κ2) is 8.82. The van der Waals surface area contributed by atoms with Gasteiger partial charge in [-0.05, 0) is 29.8 Å². The van der Waals surface area contributed by atoms with E-state index in [9.17, 15) is 36.2 Å². The van der Waals surface area contributed by atoms with Gasteiger partial charge in [0, 0.05) is 5.56 Å². The molecule has 0 amide bonds. The van der Waals surface area contributed by atoms with E-state index in [0.29, 0.717) is 23.4 Å². The van der Waals surface area contributed by atoms with Gasteiger partial charge in [0.2, 0.25) is 0 Å². The Balaban J connectivity index is 2.00. The van der Waals surface area contributed by atoms with Gasteiger partial charge in [0.15, 0.2) is 0 Å². The van der Waals surface area contributed by atoms with Crippen LogP contribution in [0.5, 0.6) is 11.5 Å². The Morgan fingerprint density at radius 1 is 0.833 bits per heavy atom. The largest absolute Gasteiger partial charge is 0.490 e. The van der Waals surface area contributed by atoms with Crippen molar-refractivity contribution < 1.29 is 50.8 Å². The minimum Gasteiger partial charge on any atom is -0.490 e. The van der Waals surface area contributed by atoms with Crippen LogP contribution < -0.4 is 9.47 Å². The van der Waals surface area contributed by atoms with Crippen molar-refractivity contribution >= 4 is 5.97 Å². The molecule has 0 radical (unpaired) electrons. The number of rotatable bonds is 8. The van der Waals surface area contributed by atoms with E-state index in [2.05, 4.69) is 0 Å². The molecule has 0 aliphatic heterocycles. The zero-order valence-electron chi connectivity index (χ0n) is 15.1. The van der Waals surface area contributed by atoms with Gasteiger partial charge in [-0.2, -0.15) is 26.3 Å². The van der Waals surface area contributed by atoms with Gasteiger partial charge in [0.1, 0.15) is 24.7 Å². The van der Waals surface area contributed by atoms with Crippen LogP contribution in [0.3, 0.4) is 0 Å². The quantitative estimate of drug-likeness (QED) is 0.480. The van der Waals surface area contributed by atoms with Gasteiger partial charge in [-0.25, -0.2) is 0 Å². The number of aliphatic hydroxyl groups is 1. The van der Waals surface area contributed by atoms with Gasteiger partial charge in [-0.1, -0.05) is 24.3 Å². The van der Waals surface area contributed by atoms with E-state index in [-0.39, 0.29) is 25.4 Å². The monoisotopic (exact) mass is 438 g/mol. The lowest BCUT2D eigenvalue weighted by atomic mass is 9.92. The minimum absolute atomic E-state index is 0.0920. The van der Waals surface area contributed by atoms with Crippen LogP contribution in [0.1, 0.15) is 11.1 Å². The van der Waals surface area contributed by atoms with Crippen molar-refractivity contribution in [1.82, 2.24) is 0 Å². The molecule has 0 heterocycles. The SMILES string of the molecule is O=C(O)Cc1ccc(OCCOc2cccc(C(O)(C(F)(F)F)C(F)(F)F)c2)cc1. The number of ether oxygens (including phenoxy) is 2. The standard InChI is InChI=1S/C19H16F6O5/c20-18(21,22)17(28,19(23,24)25)13-2-1-3-15(11-13)30-9-8-29-14-6-4-12(5-7-14)10-16(26)27/h1-7,11,28H,8-10H2,(H,26,27). The fourth-order valence-electron chi connectivity index (χ4n) is 2.50. The summed E-state index contributed by atoms with van der Waals surface area (Å²) in [6, 6.07) is 9.07. The van der Waals surface area contributed by atoms with Gasteiger partial charge in [-0.3, -0.25) is 4.79 Å². The Morgan fingerprint density at radius 2 is 1.37 bits per heavy atom. The molecule has 0 atom stereocenters. The fourth-order valence-corrected chi connectivity index (χ4v) is 2.50. The minimum atomic E-state index is -5.99. The van der Waals surface area contributed by atoms with Crippen molar-refractivity contribution in [3.05, 3.63) is 59.7 Å². The third-order valence-electron chi connectivity index (χ3n) is 3.97. The number of carboxylic acid groups (broad SMARTS) is 1. The zero-order valence-corrected chi connectivity index (χ0v) is 15.1. The molecule has 2 aromatic carbocycles. The smallest absolute Gasteiger partial charge is 0.430 e. The summed E-state index contributed by atoms with van der Waals surface area (Å²) in [5.74, 6) is -0.952. The van der Waals surface area contributed by atoms with Crippen LogP contribution in [0.4, 0.5) is 26.3 Å². The summed E-state index contributed by atoms with van der Waals surface area (Å²) in [7, 11) is 0. The van der Waals surface area contributed by atoms with E-state index >= 15 is 0 Å². The van der Waals surface area contributed by atoms with Crippen LogP contribution in [-0.2, 0) is 16.8 Å². The molecule has 0 fully saturated rings. The topological polar surface area (TPSA) is 76.0 Å². The van der Waals surface area contributed by atoms with Crippen molar-refractivity contribution in [2.45, 2.75) is 24.4 Å². The summed E-state index contributed by atoms with van der Waals surface area (Å²) in [4.78, 5) is 10.6. The van der Waals surface area contributed by atoms with Crippen molar-refractivity contribution in [2.24, 2.45) is 0 Å². The second-order valence-electron chi connectivity index (χ2n) is 6.15. The molecule has 0 unspecified atom stereocenters. The van der Waals surface area contributed by atoms with Crippen LogP contribution in [0.2, 0.25) is 0 Å². The number of halogens is 6. The molecule has 0 spiro atoms. The van der Waals surface area contributed by atoms with Crippen LogP contribution in [0.25, 0.3) is 0 Å². The average Bonchev–Trinajstić information content (AvgIpc) is 2.64. The van der Waals surface area contributed by atoms with Crippen molar-refractivity contribution in [3.8, 4) is 11.5 Å². The summed E-state index contributed by atoms with van der Waals surface area (Å²) < 4.78 is 88.1. The lowest BCUT2D eigenvalue weighted by molar-refractivity contribution is -0.376. The molecular weight excluding hydrogens is 422 g/mol. The van der Waals surface area contributed by atoms with Crippen LogP contribution in [-0.4, -0.2) is 41.7 Å². The summed E-state index contributed by atoms with van der Waals surface area (Å²) in [6.45, 7) is -0.303. The molecule has 30 heavy (non-hydrogen) atoms. The fraction of sp³-hybridized carbons (Fsp3) is 0.316. The van der Waals surface area contributed by atoms with E-state index in [1.807, 2.05) is 0 Å². The van der Waals surface area contributed by atoms with Gasteiger partial charge in [0.05, 0.1) is 6.42 Å². The van der Waals surface area contributed by atoms with Gasteiger partial charge in [-0.15, -0.1) is 0 Å². The lowest BCUT2D eigenvalue weighted by Crippen LogP contribution is -2.53.